The van der Waals surface area contributed by atoms with Gasteiger partial charge in [-0.25, -0.2) is 0 Å². The number of rotatable bonds is 5. The van der Waals surface area contributed by atoms with E-state index in [4.69, 9.17) is 9.47 Å². The largest absolute Gasteiger partial charge is 0.492 e. The smallest absolute Gasteiger partial charge is 0.416 e. The maximum absolute atomic E-state index is 12.8. The number of halogens is 3. The second-order valence-corrected chi connectivity index (χ2v) is 4.97. The zero-order chi connectivity index (χ0) is 15.3. The Balaban J connectivity index is 1.91. The van der Waals surface area contributed by atoms with Gasteiger partial charge in [0.25, 0.3) is 0 Å². The van der Waals surface area contributed by atoms with Crippen LogP contribution in [0.3, 0.4) is 0 Å². The van der Waals surface area contributed by atoms with Gasteiger partial charge in [-0.2, -0.15) is 13.2 Å². The molecular weight excluding hydrogens is 283 g/mol. The summed E-state index contributed by atoms with van der Waals surface area (Å²) in [4.78, 5) is 2.22. The van der Waals surface area contributed by atoms with E-state index in [1.54, 1.807) is 6.92 Å². The Morgan fingerprint density at radius 1 is 1.24 bits per heavy atom. The van der Waals surface area contributed by atoms with Crippen molar-refractivity contribution in [1.82, 2.24) is 4.90 Å². The van der Waals surface area contributed by atoms with Crippen molar-refractivity contribution in [2.24, 2.45) is 0 Å². The lowest BCUT2D eigenvalue weighted by Crippen LogP contribution is -2.38. The third-order valence-corrected chi connectivity index (χ3v) is 3.54. The highest BCUT2D eigenvalue weighted by molar-refractivity contribution is 5.37. The molecule has 21 heavy (non-hydrogen) atoms. The van der Waals surface area contributed by atoms with Crippen LogP contribution < -0.4 is 4.74 Å². The van der Waals surface area contributed by atoms with Crippen molar-refractivity contribution in [2.45, 2.75) is 19.5 Å². The lowest BCUT2D eigenvalue weighted by molar-refractivity contribution is -0.138. The maximum Gasteiger partial charge on any atom is 0.416 e. The highest BCUT2D eigenvalue weighted by Gasteiger charge is 2.32. The number of alkyl halides is 3. The Morgan fingerprint density at radius 2 is 1.95 bits per heavy atom. The van der Waals surface area contributed by atoms with Gasteiger partial charge >= 0.3 is 6.18 Å². The second kappa shape index (κ2) is 7.13. The molecule has 0 radical (unpaired) electrons. The molecule has 0 N–H and O–H groups in total. The Kier molecular flexibility index (Phi) is 5.47. The van der Waals surface area contributed by atoms with Gasteiger partial charge < -0.3 is 9.47 Å². The first-order valence-electron chi connectivity index (χ1n) is 7.13. The molecule has 1 aliphatic rings. The van der Waals surface area contributed by atoms with E-state index >= 15 is 0 Å². The summed E-state index contributed by atoms with van der Waals surface area (Å²) in [5.41, 5.74) is -0.308. The predicted octanol–water partition coefficient (Wildman–Crippen LogP) is 2.98. The highest BCUT2D eigenvalue weighted by Crippen LogP contribution is 2.34. The molecule has 0 saturated carbocycles. The number of nitrogens with zero attached hydrogens (tertiary/aromatic N) is 1. The van der Waals surface area contributed by atoms with Crippen LogP contribution in [-0.2, 0) is 17.3 Å². The van der Waals surface area contributed by atoms with Crippen molar-refractivity contribution in [2.75, 3.05) is 39.5 Å². The SMILES string of the molecule is CCc1cc(OCCN2CCOCC2)ccc1C(F)(F)F. The van der Waals surface area contributed by atoms with E-state index in [1.807, 2.05) is 0 Å². The summed E-state index contributed by atoms with van der Waals surface area (Å²) in [6, 6.07) is 3.98. The summed E-state index contributed by atoms with van der Waals surface area (Å²) in [6.07, 6.45) is -3.98. The van der Waals surface area contributed by atoms with Gasteiger partial charge in [0.05, 0.1) is 18.8 Å². The molecule has 3 nitrogen and oxygen atoms in total. The van der Waals surface area contributed by atoms with Crippen LogP contribution in [0, 0.1) is 0 Å². The maximum atomic E-state index is 12.8. The summed E-state index contributed by atoms with van der Waals surface area (Å²) in [6.45, 7) is 6.12. The van der Waals surface area contributed by atoms with Gasteiger partial charge in [0.2, 0.25) is 0 Å². The molecule has 6 heteroatoms. The summed E-state index contributed by atoms with van der Waals surface area (Å²) in [7, 11) is 0. The number of ether oxygens (including phenoxy) is 2. The van der Waals surface area contributed by atoms with Gasteiger partial charge in [-0.1, -0.05) is 6.92 Å². The topological polar surface area (TPSA) is 21.7 Å². The van der Waals surface area contributed by atoms with Crippen LogP contribution in [0.5, 0.6) is 5.75 Å². The van der Waals surface area contributed by atoms with Crippen molar-refractivity contribution < 1.29 is 22.6 Å². The minimum Gasteiger partial charge on any atom is -0.492 e. The number of morpholine rings is 1. The zero-order valence-electron chi connectivity index (χ0n) is 12.1. The summed E-state index contributed by atoms with van der Waals surface area (Å²) in [5, 5.41) is 0. The van der Waals surface area contributed by atoms with E-state index in [-0.39, 0.29) is 5.56 Å². The Labute approximate surface area is 122 Å². The first-order valence-corrected chi connectivity index (χ1v) is 7.13. The van der Waals surface area contributed by atoms with Crippen LogP contribution in [-0.4, -0.2) is 44.4 Å². The molecule has 0 spiro atoms. The molecular formula is C15H20F3NO2. The van der Waals surface area contributed by atoms with Gasteiger partial charge in [-0.05, 0) is 30.2 Å². The molecule has 1 aliphatic heterocycles. The van der Waals surface area contributed by atoms with E-state index in [9.17, 15) is 13.2 Å². The minimum atomic E-state index is -4.31. The van der Waals surface area contributed by atoms with Crippen LogP contribution in [0.4, 0.5) is 13.2 Å². The van der Waals surface area contributed by atoms with Crippen LogP contribution >= 0.6 is 0 Å². The fourth-order valence-corrected chi connectivity index (χ4v) is 2.35. The van der Waals surface area contributed by atoms with Gasteiger partial charge in [0.15, 0.2) is 0 Å². The fourth-order valence-electron chi connectivity index (χ4n) is 2.35. The van der Waals surface area contributed by atoms with E-state index < -0.39 is 11.7 Å². The number of hydrogen-bond acceptors (Lipinski definition) is 3. The lowest BCUT2D eigenvalue weighted by atomic mass is 10.0. The third kappa shape index (κ3) is 4.61. The summed E-state index contributed by atoms with van der Waals surface area (Å²) >= 11 is 0. The molecule has 0 atom stereocenters. The molecule has 1 saturated heterocycles. The lowest BCUT2D eigenvalue weighted by Gasteiger charge is -2.26. The molecule has 1 fully saturated rings. The van der Waals surface area contributed by atoms with Crippen LogP contribution in [0.2, 0.25) is 0 Å². The molecule has 1 heterocycles. The van der Waals surface area contributed by atoms with Crippen molar-refractivity contribution in [3.63, 3.8) is 0 Å². The van der Waals surface area contributed by atoms with Crippen molar-refractivity contribution in [3.8, 4) is 5.75 Å². The Hall–Kier alpha value is -1.27. The first kappa shape index (κ1) is 16.1. The first-order chi connectivity index (χ1) is 10.0. The monoisotopic (exact) mass is 303 g/mol. The van der Waals surface area contributed by atoms with Crippen molar-refractivity contribution >= 4 is 0 Å². The number of hydrogen-bond donors (Lipinski definition) is 0. The molecule has 0 unspecified atom stereocenters. The molecule has 0 aromatic heterocycles. The third-order valence-electron chi connectivity index (χ3n) is 3.54. The minimum absolute atomic E-state index is 0.270. The van der Waals surface area contributed by atoms with Gasteiger partial charge in [-0.15, -0.1) is 0 Å². The Bertz CT molecular complexity index is 457. The molecule has 1 aromatic rings. The highest BCUT2D eigenvalue weighted by atomic mass is 19.4. The van der Waals surface area contributed by atoms with E-state index in [0.29, 0.717) is 18.8 Å². The van der Waals surface area contributed by atoms with E-state index in [1.165, 1.54) is 12.1 Å². The molecule has 0 bridgehead atoms. The van der Waals surface area contributed by atoms with Gasteiger partial charge in [-0.3, -0.25) is 4.90 Å². The normalized spacial score (nSPS) is 17.0. The van der Waals surface area contributed by atoms with E-state index in [2.05, 4.69) is 4.90 Å². The zero-order valence-corrected chi connectivity index (χ0v) is 12.1. The molecule has 2 rings (SSSR count). The summed E-state index contributed by atoms with van der Waals surface area (Å²) < 4.78 is 49.2. The van der Waals surface area contributed by atoms with Crippen LogP contribution in [0.25, 0.3) is 0 Å². The molecule has 118 valence electrons. The van der Waals surface area contributed by atoms with Crippen LogP contribution in [0.15, 0.2) is 18.2 Å². The van der Waals surface area contributed by atoms with Gasteiger partial charge in [0.1, 0.15) is 12.4 Å². The van der Waals surface area contributed by atoms with Crippen LogP contribution in [0.1, 0.15) is 18.1 Å². The molecule has 0 amide bonds. The number of benzene rings is 1. The van der Waals surface area contributed by atoms with Crippen molar-refractivity contribution in [3.05, 3.63) is 29.3 Å². The summed E-state index contributed by atoms with van der Waals surface area (Å²) in [5.74, 6) is 0.494. The predicted molar refractivity (Wildman–Crippen MR) is 73.6 cm³/mol. The average Bonchev–Trinajstić information content (AvgIpc) is 2.47. The average molecular weight is 303 g/mol. The van der Waals surface area contributed by atoms with Crippen molar-refractivity contribution in [1.29, 1.82) is 0 Å². The standard InChI is InChI=1S/C15H20F3NO2/c1-2-12-11-13(3-4-14(12)15(16,17)18)21-10-7-19-5-8-20-9-6-19/h3-4,11H,2,5-10H2,1H3. The number of aryl methyl sites for hydroxylation is 1. The molecule has 1 aromatic carbocycles. The fraction of sp³-hybridized carbons (Fsp3) is 0.600. The quantitative estimate of drug-likeness (QED) is 0.835. The van der Waals surface area contributed by atoms with Gasteiger partial charge in [0, 0.05) is 19.6 Å². The van der Waals surface area contributed by atoms with E-state index in [0.717, 1.165) is 38.9 Å². The molecule has 0 aliphatic carbocycles. The second-order valence-electron chi connectivity index (χ2n) is 4.97. The Morgan fingerprint density at radius 3 is 2.57 bits per heavy atom.